The molecule has 2 heterocycles. The molecule has 0 aliphatic rings. The van der Waals surface area contributed by atoms with E-state index in [1.165, 1.54) is 4.90 Å². The molecule has 0 atom stereocenters. The number of pyridine rings is 1. The highest BCUT2D eigenvalue weighted by Gasteiger charge is 2.07. The Morgan fingerprint density at radius 1 is 1.39 bits per heavy atom. The molecule has 6 heteroatoms. The standard InChI is InChI=1S/C12H14N4OS/c1-16(2)12(17)9-3-4-11(13-5-9)14-6-10-7-18-8-15-10/h3-5,7-8H,6H2,1-2H3,(H,13,14). The third kappa shape index (κ3) is 3.04. The first-order chi connectivity index (χ1) is 8.66. The lowest BCUT2D eigenvalue weighted by molar-refractivity contribution is 0.0827. The van der Waals surface area contributed by atoms with Gasteiger partial charge >= 0.3 is 0 Å². The van der Waals surface area contributed by atoms with Crippen molar-refractivity contribution in [3.05, 3.63) is 40.5 Å². The van der Waals surface area contributed by atoms with Crippen molar-refractivity contribution in [3.63, 3.8) is 0 Å². The van der Waals surface area contributed by atoms with Crippen molar-refractivity contribution in [2.75, 3.05) is 19.4 Å². The number of hydrogen-bond acceptors (Lipinski definition) is 5. The van der Waals surface area contributed by atoms with Crippen molar-refractivity contribution in [1.29, 1.82) is 0 Å². The zero-order valence-electron chi connectivity index (χ0n) is 10.3. The molecule has 0 unspecified atom stereocenters. The zero-order chi connectivity index (χ0) is 13.0. The Kier molecular flexibility index (Phi) is 3.88. The maximum Gasteiger partial charge on any atom is 0.254 e. The fraction of sp³-hybridized carbons (Fsp3) is 0.250. The van der Waals surface area contributed by atoms with E-state index in [0.29, 0.717) is 12.1 Å². The van der Waals surface area contributed by atoms with Gasteiger partial charge in [-0.2, -0.15) is 0 Å². The molecule has 1 amide bonds. The molecule has 0 fully saturated rings. The van der Waals surface area contributed by atoms with Crippen LogP contribution in [0.3, 0.4) is 0 Å². The summed E-state index contributed by atoms with van der Waals surface area (Å²) in [5.74, 6) is 0.687. The molecule has 18 heavy (non-hydrogen) atoms. The molecule has 0 spiro atoms. The lowest BCUT2D eigenvalue weighted by Crippen LogP contribution is -2.21. The van der Waals surface area contributed by atoms with E-state index in [1.807, 2.05) is 5.38 Å². The first kappa shape index (κ1) is 12.5. The Hall–Kier alpha value is -1.95. The van der Waals surface area contributed by atoms with Crippen LogP contribution < -0.4 is 5.32 Å². The van der Waals surface area contributed by atoms with Gasteiger partial charge in [0.2, 0.25) is 0 Å². The maximum atomic E-state index is 11.7. The second-order valence-corrected chi connectivity index (χ2v) is 4.68. The Bertz CT molecular complexity index is 507. The molecule has 5 nitrogen and oxygen atoms in total. The van der Waals surface area contributed by atoms with Crippen molar-refractivity contribution >= 4 is 23.1 Å². The molecule has 0 aromatic carbocycles. The van der Waals surface area contributed by atoms with E-state index >= 15 is 0 Å². The highest BCUT2D eigenvalue weighted by Crippen LogP contribution is 2.09. The second kappa shape index (κ2) is 5.59. The minimum Gasteiger partial charge on any atom is -0.364 e. The van der Waals surface area contributed by atoms with Crippen LogP contribution in [0.5, 0.6) is 0 Å². The average Bonchev–Trinajstić information content (AvgIpc) is 2.89. The molecule has 0 bridgehead atoms. The van der Waals surface area contributed by atoms with E-state index in [4.69, 9.17) is 0 Å². The summed E-state index contributed by atoms with van der Waals surface area (Å²) in [7, 11) is 3.44. The second-order valence-electron chi connectivity index (χ2n) is 3.97. The number of aromatic nitrogens is 2. The van der Waals surface area contributed by atoms with Crippen LogP contribution >= 0.6 is 11.3 Å². The van der Waals surface area contributed by atoms with Gasteiger partial charge in [0, 0.05) is 25.7 Å². The molecular formula is C12H14N4OS. The number of hydrogen-bond donors (Lipinski definition) is 1. The predicted molar refractivity (Wildman–Crippen MR) is 71.7 cm³/mol. The summed E-state index contributed by atoms with van der Waals surface area (Å²) >= 11 is 1.56. The monoisotopic (exact) mass is 262 g/mol. The van der Waals surface area contributed by atoms with E-state index in [2.05, 4.69) is 15.3 Å². The molecule has 0 aliphatic heterocycles. The van der Waals surface area contributed by atoms with Crippen LogP contribution in [0.2, 0.25) is 0 Å². The summed E-state index contributed by atoms with van der Waals surface area (Å²) in [5, 5.41) is 5.13. The number of anilines is 1. The highest BCUT2D eigenvalue weighted by molar-refractivity contribution is 7.07. The van der Waals surface area contributed by atoms with Gasteiger partial charge in [-0.05, 0) is 12.1 Å². The van der Waals surface area contributed by atoms with Gasteiger partial charge in [-0.15, -0.1) is 11.3 Å². The number of thiazole rings is 1. The third-order valence-corrected chi connectivity index (χ3v) is 2.99. The SMILES string of the molecule is CN(C)C(=O)c1ccc(NCc2cscn2)nc1. The maximum absolute atomic E-state index is 11.7. The Morgan fingerprint density at radius 3 is 2.78 bits per heavy atom. The van der Waals surface area contributed by atoms with Gasteiger partial charge in [0.15, 0.2) is 0 Å². The number of nitrogens with zero attached hydrogens (tertiary/aromatic N) is 3. The van der Waals surface area contributed by atoms with Crippen LogP contribution in [-0.4, -0.2) is 34.9 Å². The van der Waals surface area contributed by atoms with Crippen LogP contribution in [0.1, 0.15) is 16.1 Å². The van der Waals surface area contributed by atoms with Crippen LogP contribution in [0.15, 0.2) is 29.2 Å². The highest BCUT2D eigenvalue weighted by atomic mass is 32.1. The Balaban J connectivity index is 1.97. The Labute approximate surface area is 109 Å². The topological polar surface area (TPSA) is 58.1 Å². The van der Waals surface area contributed by atoms with E-state index < -0.39 is 0 Å². The summed E-state index contributed by atoms with van der Waals surface area (Å²) in [6.07, 6.45) is 1.58. The molecule has 0 saturated carbocycles. The number of carbonyl (C=O) groups excluding carboxylic acids is 1. The van der Waals surface area contributed by atoms with Crippen molar-refractivity contribution in [2.24, 2.45) is 0 Å². The molecule has 0 aliphatic carbocycles. The van der Waals surface area contributed by atoms with Gasteiger partial charge in [0.05, 0.1) is 23.3 Å². The van der Waals surface area contributed by atoms with Crippen LogP contribution in [-0.2, 0) is 6.54 Å². The fourth-order valence-electron chi connectivity index (χ4n) is 1.39. The predicted octanol–water partition coefficient (Wildman–Crippen LogP) is 1.85. The lowest BCUT2D eigenvalue weighted by atomic mass is 10.2. The lowest BCUT2D eigenvalue weighted by Gasteiger charge is -2.10. The van der Waals surface area contributed by atoms with Crippen LogP contribution in [0.25, 0.3) is 0 Å². The summed E-state index contributed by atoms with van der Waals surface area (Å²) in [6, 6.07) is 3.56. The van der Waals surface area contributed by atoms with Gasteiger partial charge < -0.3 is 10.2 Å². The quantitative estimate of drug-likeness (QED) is 0.913. The number of nitrogens with one attached hydrogen (secondary N) is 1. The first-order valence-electron chi connectivity index (χ1n) is 5.45. The first-order valence-corrected chi connectivity index (χ1v) is 6.40. The van der Waals surface area contributed by atoms with E-state index in [9.17, 15) is 4.79 Å². The van der Waals surface area contributed by atoms with Gasteiger partial charge in [0.1, 0.15) is 5.82 Å². The normalized spacial score (nSPS) is 10.1. The largest absolute Gasteiger partial charge is 0.364 e. The molecule has 94 valence electrons. The molecule has 2 rings (SSSR count). The number of amides is 1. The summed E-state index contributed by atoms with van der Waals surface area (Å²) in [5.41, 5.74) is 3.36. The summed E-state index contributed by atoms with van der Waals surface area (Å²) in [6.45, 7) is 0.636. The van der Waals surface area contributed by atoms with E-state index in [1.54, 1.807) is 49.3 Å². The average molecular weight is 262 g/mol. The molecule has 1 N–H and O–H groups in total. The minimum atomic E-state index is -0.0476. The smallest absolute Gasteiger partial charge is 0.254 e. The molecular weight excluding hydrogens is 248 g/mol. The number of rotatable bonds is 4. The molecule has 2 aromatic heterocycles. The van der Waals surface area contributed by atoms with Crippen molar-refractivity contribution in [3.8, 4) is 0 Å². The summed E-state index contributed by atoms with van der Waals surface area (Å²) in [4.78, 5) is 21.6. The molecule has 0 saturated heterocycles. The van der Waals surface area contributed by atoms with Gasteiger partial charge in [0.25, 0.3) is 5.91 Å². The van der Waals surface area contributed by atoms with Gasteiger partial charge in [-0.3, -0.25) is 4.79 Å². The zero-order valence-corrected chi connectivity index (χ0v) is 11.1. The van der Waals surface area contributed by atoms with Gasteiger partial charge in [-0.1, -0.05) is 0 Å². The van der Waals surface area contributed by atoms with Crippen molar-refractivity contribution in [1.82, 2.24) is 14.9 Å². The van der Waals surface area contributed by atoms with E-state index in [-0.39, 0.29) is 5.91 Å². The number of carbonyl (C=O) groups is 1. The van der Waals surface area contributed by atoms with Crippen molar-refractivity contribution < 1.29 is 4.79 Å². The van der Waals surface area contributed by atoms with Gasteiger partial charge in [-0.25, -0.2) is 9.97 Å². The minimum absolute atomic E-state index is 0.0476. The molecule has 0 radical (unpaired) electrons. The van der Waals surface area contributed by atoms with Crippen molar-refractivity contribution in [2.45, 2.75) is 6.54 Å². The Morgan fingerprint density at radius 2 is 2.22 bits per heavy atom. The summed E-state index contributed by atoms with van der Waals surface area (Å²) < 4.78 is 0. The molecule has 2 aromatic rings. The van der Waals surface area contributed by atoms with Crippen LogP contribution in [0, 0.1) is 0 Å². The fourth-order valence-corrected chi connectivity index (χ4v) is 1.95. The van der Waals surface area contributed by atoms with E-state index in [0.717, 1.165) is 11.5 Å². The third-order valence-electron chi connectivity index (χ3n) is 2.35. The van der Waals surface area contributed by atoms with Crippen LogP contribution in [0.4, 0.5) is 5.82 Å².